The molecule has 0 spiro atoms. The van der Waals surface area contributed by atoms with E-state index in [2.05, 4.69) is 0 Å². The molecule has 0 fully saturated rings. The van der Waals surface area contributed by atoms with Crippen LogP contribution in [0.1, 0.15) is 11.8 Å². The van der Waals surface area contributed by atoms with Gasteiger partial charge in [-0.25, -0.2) is 4.79 Å². The first-order valence-corrected chi connectivity index (χ1v) is 7.92. The third-order valence-electron chi connectivity index (χ3n) is 3.02. The molecule has 2 rings (SSSR count). The molecule has 0 N–H and O–H groups in total. The Balaban J connectivity index is 2.14. The van der Waals surface area contributed by atoms with Gasteiger partial charge in [0.05, 0.1) is 6.61 Å². The zero-order valence-electron chi connectivity index (χ0n) is 13.0. The maximum absolute atomic E-state index is 12.0. The summed E-state index contributed by atoms with van der Waals surface area (Å²) in [6.07, 6.45) is 1.16. The summed E-state index contributed by atoms with van der Waals surface area (Å²) in [4.78, 5) is 13.9. The Morgan fingerprint density at radius 3 is 2.70 bits per heavy atom. The van der Waals surface area contributed by atoms with Crippen LogP contribution in [-0.2, 0) is 14.3 Å². The molecule has 1 heterocycles. The third-order valence-corrected chi connectivity index (χ3v) is 4.10. The van der Waals surface area contributed by atoms with E-state index < -0.39 is 12.1 Å². The molecule has 1 aromatic heterocycles. The number of carbonyl (C=O) groups is 1. The van der Waals surface area contributed by atoms with E-state index in [1.54, 1.807) is 13.0 Å². The molecule has 0 aliphatic carbocycles. The highest BCUT2D eigenvalue weighted by molar-refractivity contribution is 7.16. The molecule has 0 bridgehead atoms. The largest absolute Gasteiger partial charge is 0.456 e. The van der Waals surface area contributed by atoms with E-state index in [0.717, 1.165) is 15.3 Å². The molecular formula is C18H17NO3S. The summed E-state index contributed by atoms with van der Waals surface area (Å²) in [6, 6.07) is 15.7. The minimum Gasteiger partial charge on any atom is -0.456 e. The van der Waals surface area contributed by atoms with Gasteiger partial charge in [-0.1, -0.05) is 30.3 Å². The molecule has 0 radical (unpaired) electrons. The number of rotatable bonds is 6. The SMILES string of the molecule is COC[C@H](C)OC(=O)/C(C#N)=C/c1ccc(-c2ccccc2)s1. The Hall–Kier alpha value is -2.42. The maximum Gasteiger partial charge on any atom is 0.349 e. The highest BCUT2D eigenvalue weighted by Crippen LogP contribution is 2.29. The lowest BCUT2D eigenvalue weighted by molar-refractivity contribution is -0.145. The van der Waals surface area contributed by atoms with Gasteiger partial charge in [-0.3, -0.25) is 0 Å². The minimum absolute atomic E-state index is 0.0191. The van der Waals surface area contributed by atoms with Crippen LogP contribution in [0.25, 0.3) is 16.5 Å². The topological polar surface area (TPSA) is 59.3 Å². The fourth-order valence-corrected chi connectivity index (χ4v) is 2.94. The number of nitrogens with zero attached hydrogens (tertiary/aromatic N) is 1. The Bertz CT molecular complexity index is 728. The average Bonchev–Trinajstić information content (AvgIpc) is 3.02. The number of ether oxygens (including phenoxy) is 2. The molecule has 23 heavy (non-hydrogen) atoms. The summed E-state index contributed by atoms with van der Waals surface area (Å²) in [7, 11) is 1.53. The predicted octanol–water partition coefficient (Wildman–Crippen LogP) is 3.90. The lowest BCUT2D eigenvalue weighted by atomic mass is 10.2. The lowest BCUT2D eigenvalue weighted by Gasteiger charge is -2.11. The molecule has 4 nitrogen and oxygen atoms in total. The molecule has 0 amide bonds. The van der Waals surface area contributed by atoms with E-state index in [4.69, 9.17) is 9.47 Å². The fourth-order valence-electron chi connectivity index (χ4n) is 1.98. The van der Waals surface area contributed by atoms with Crippen LogP contribution in [0.4, 0.5) is 0 Å². The molecule has 5 heteroatoms. The van der Waals surface area contributed by atoms with Crippen molar-refractivity contribution in [3.8, 4) is 16.5 Å². The van der Waals surface area contributed by atoms with Crippen LogP contribution in [-0.4, -0.2) is 25.8 Å². The number of nitriles is 1. The van der Waals surface area contributed by atoms with E-state index in [1.807, 2.05) is 48.5 Å². The van der Waals surface area contributed by atoms with Crippen molar-refractivity contribution in [2.75, 3.05) is 13.7 Å². The number of hydrogen-bond acceptors (Lipinski definition) is 5. The third kappa shape index (κ3) is 4.78. The molecule has 0 aliphatic rings. The van der Waals surface area contributed by atoms with Gasteiger partial charge in [0.15, 0.2) is 0 Å². The Morgan fingerprint density at radius 2 is 2.04 bits per heavy atom. The highest BCUT2D eigenvalue weighted by atomic mass is 32.1. The van der Waals surface area contributed by atoms with Gasteiger partial charge in [-0.2, -0.15) is 5.26 Å². The van der Waals surface area contributed by atoms with Crippen LogP contribution in [0.5, 0.6) is 0 Å². The van der Waals surface area contributed by atoms with Gasteiger partial charge in [0.1, 0.15) is 17.7 Å². The van der Waals surface area contributed by atoms with Crippen LogP contribution in [0.3, 0.4) is 0 Å². The fraction of sp³-hybridized carbons (Fsp3) is 0.222. The number of carbonyl (C=O) groups excluding carboxylic acids is 1. The van der Waals surface area contributed by atoms with Crippen LogP contribution in [0.15, 0.2) is 48.0 Å². The Labute approximate surface area is 139 Å². The van der Waals surface area contributed by atoms with Crippen molar-refractivity contribution in [1.82, 2.24) is 0 Å². The van der Waals surface area contributed by atoms with E-state index in [1.165, 1.54) is 18.4 Å². The van der Waals surface area contributed by atoms with E-state index >= 15 is 0 Å². The monoisotopic (exact) mass is 327 g/mol. The van der Waals surface area contributed by atoms with Crippen molar-refractivity contribution >= 4 is 23.4 Å². The van der Waals surface area contributed by atoms with Gasteiger partial charge in [-0.15, -0.1) is 11.3 Å². The minimum atomic E-state index is -0.633. The number of esters is 1. The normalized spacial score (nSPS) is 12.5. The van der Waals surface area contributed by atoms with Crippen molar-refractivity contribution in [1.29, 1.82) is 5.26 Å². The smallest absolute Gasteiger partial charge is 0.349 e. The van der Waals surface area contributed by atoms with Gasteiger partial charge in [0.2, 0.25) is 0 Å². The van der Waals surface area contributed by atoms with Gasteiger partial charge in [0.25, 0.3) is 0 Å². The maximum atomic E-state index is 12.0. The Morgan fingerprint density at radius 1 is 1.30 bits per heavy atom. The van der Waals surface area contributed by atoms with Crippen LogP contribution in [0, 0.1) is 11.3 Å². The molecule has 1 atom stereocenters. The molecule has 2 aromatic rings. The molecule has 118 valence electrons. The molecular weight excluding hydrogens is 310 g/mol. The predicted molar refractivity (Wildman–Crippen MR) is 90.8 cm³/mol. The molecule has 0 unspecified atom stereocenters. The zero-order chi connectivity index (χ0) is 16.7. The summed E-state index contributed by atoms with van der Waals surface area (Å²) >= 11 is 1.52. The summed E-state index contributed by atoms with van der Waals surface area (Å²) in [5, 5.41) is 9.18. The standard InChI is InChI=1S/C18H17NO3S/c1-13(12-21-2)22-18(20)15(11-19)10-16-8-9-17(23-16)14-6-4-3-5-7-14/h3-10,13H,12H2,1-2H3/b15-10+/t13-/m0/s1. The molecule has 0 saturated carbocycles. The first-order chi connectivity index (χ1) is 11.1. The first kappa shape index (κ1) is 16.9. The number of thiophene rings is 1. The number of methoxy groups -OCH3 is 1. The summed E-state index contributed by atoms with van der Waals surface area (Å²) in [5.41, 5.74) is 1.08. The zero-order valence-corrected chi connectivity index (χ0v) is 13.8. The lowest BCUT2D eigenvalue weighted by Crippen LogP contribution is -2.20. The first-order valence-electron chi connectivity index (χ1n) is 7.11. The van der Waals surface area contributed by atoms with Crippen LogP contribution >= 0.6 is 11.3 Å². The van der Waals surface area contributed by atoms with Crippen molar-refractivity contribution < 1.29 is 14.3 Å². The van der Waals surface area contributed by atoms with E-state index in [0.29, 0.717) is 6.61 Å². The summed E-state index contributed by atoms with van der Waals surface area (Å²) in [6.45, 7) is 2.01. The highest BCUT2D eigenvalue weighted by Gasteiger charge is 2.15. The molecule has 0 aliphatic heterocycles. The van der Waals surface area contributed by atoms with Crippen molar-refractivity contribution in [2.24, 2.45) is 0 Å². The Kier molecular flexibility index (Phi) is 6.10. The second-order valence-corrected chi connectivity index (χ2v) is 6.02. The van der Waals surface area contributed by atoms with Crippen LogP contribution < -0.4 is 0 Å². The van der Waals surface area contributed by atoms with Crippen LogP contribution in [0.2, 0.25) is 0 Å². The van der Waals surface area contributed by atoms with Gasteiger partial charge in [0, 0.05) is 16.9 Å². The van der Waals surface area contributed by atoms with E-state index in [-0.39, 0.29) is 5.57 Å². The van der Waals surface area contributed by atoms with Gasteiger partial charge in [-0.05, 0) is 30.7 Å². The molecule has 0 saturated heterocycles. The van der Waals surface area contributed by atoms with Gasteiger partial charge < -0.3 is 9.47 Å². The number of hydrogen-bond donors (Lipinski definition) is 0. The summed E-state index contributed by atoms with van der Waals surface area (Å²) < 4.78 is 10.1. The van der Waals surface area contributed by atoms with E-state index in [9.17, 15) is 10.1 Å². The second-order valence-electron chi connectivity index (χ2n) is 4.91. The average molecular weight is 327 g/mol. The van der Waals surface area contributed by atoms with Crippen molar-refractivity contribution in [2.45, 2.75) is 13.0 Å². The quantitative estimate of drug-likeness (QED) is 0.459. The number of benzene rings is 1. The van der Waals surface area contributed by atoms with Gasteiger partial charge >= 0.3 is 5.97 Å². The second kappa shape index (κ2) is 8.28. The van der Waals surface area contributed by atoms with Crippen molar-refractivity contribution in [3.05, 3.63) is 52.9 Å². The molecule has 1 aromatic carbocycles. The summed E-state index contributed by atoms with van der Waals surface area (Å²) in [5.74, 6) is -0.633. The van der Waals surface area contributed by atoms with Crippen molar-refractivity contribution in [3.63, 3.8) is 0 Å².